The van der Waals surface area contributed by atoms with Gasteiger partial charge in [0.15, 0.2) is 0 Å². The van der Waals surface area contributed by atoms with Crippen molar-refractivity contribution >= 4 is 40.4 Å². The average molecular weight is 316 g/mol. The molecule has 2 nitrogen and oxygen atoms in total. The number of nitrogens with two attached hydrogens (primary N) is 1. The lowest BCUT2D eigenvalue weighted by Gasteiger charge is -2.12. The van der Waals surface area contributed by atoms with Crippen molar-refractivity contribution in [1.82, 2.24) is 0 Å². The second-order valence-electron chi connectivity index (χ2n) is 3.65. The molecule has 0 atom stereocenters. The number of rotatable bonds is 3. The standard InChI is InChI=1S/C13H8Cl2FNOS/c14-8-2-1-3-11(12(8)13(17)19)18-10-5-4-7(16)6-9(10)15/h1-6H,(H2,17,19). The van der Waals surface area contributed by atoms with Gasteiger partial charge in [0.25, 0.3) is 0 Å². The Kier molecular flexibility index (Phi) is 4.24. The fourth-order valence-corrected chi connectivity index (χ4v) is 2.25. The topological polar surface area (TPSA) is 35.2 Å². The average Bonchev–Trinajstić information content (AvgIpc) is 2.32. The molecule has 2 N–H and O–H groups in total. The Labute approximate surface area is 124 Å². The number of hydrogen-bond donors (Lipinski definition) is 1. The molecule has 6 heteroatoms. The number of halogens is 3. The van der Waals surface area contributed by atoms with E-state index in [1.54, 1.807) is 18.2 Å². The van der Waals surface area contributed by atoms with Crippen molar-refractivity contribution in [2.24, 2.45) is 5.73 Å². The smallest absolute Gasteiger partial charge is 0.146 e. The normalized spacial score (nSPS) is 10.3. The SMILES string of the molecule is NC(=S)c1c(Cl)cccc1Oc1ccc(F)cc1Cl. The van der Waals surface area contributed by atoms with E-state index in [0.717, 1.165) is 6.07 Å². The molecule has 0 fully saturated rings. The Hall–Kier alpha value is -1.36. The van der Waals surface area contributed by atoms with Gasteiger partial charge in [0.1, 0.15) is 22.3 Å². The second-order valence-corrected chi connectivity index (χ2v) is 4.91. The summed E-state index contributed by atoms with van der Waals surface area (Å²) in [5.74, 6) is 0.217. The van der Waals surface area contributed by atoms with Crippen LogP contribution < -0.4 is 10.5 Å². The van der Waals surface area contributed by atoms with Gasteiger partial charge in [0, 0.05) is 0 Å². The Morgan fingerprint density at radius 3 is 2.47 bits per heavy atom. The van der Waals surface area contributed by atoms with E-state index in [0.29, 0.717) is 22.1 Å². The van der Waals surface area contributed by atoms with Gasteiger partial charge in [-0.3, -0.25) is 0 Å². The van der Waals surface area contributed by atoms with Gasteiger partial charge in [0.2, 0.25) is 0 Å². The van der Waals surface area contributed by atoms with Crippen molar-refractivity contribution in [3.63, 3.8) is 0 Å². The first-order valence-corrected chi connectivity index (χ1v) is 6.36. The zero-order valence-electron chi connectivity index (χ0n) is 9.49. The van der Waals surface area contributed by atoms with Gasteiger partial charge in [-0.2, -0.15) is 0 Å². The molecule has 0 amide bonds. The minimum atomic E-state index is -0.446. The monoisotopic (exact) mass is 315 g/mol. The maximum absolute atomic E-state index is 13.0. The van der Waals surface area contributed by atoms with Crippen LogP contribution in [0.4, 0.5) is 4.39 Å². The van der Waals surface area contributed by atoms with Crippen molar-refractivity contribution in [2.45, 2.75) is 0 Å². The first kappa shape index (κ1) is 14.1. The Balaban J connectivity index is 2.44. The van der Waals surface area contributed by atoms with Gasteiger partial charge in [-0.15, -0.1) is 0 Å². The van der Waals surface area contributed by atoms with Crippen LogP contribution in [-0.4, -0.2) is 4.99 Å². The van der Waals surface area contributed by atoms with E-state index in [-0.39, 0.29) is 10.0 Å². The van der Waals surface area contributed by atoms with Crippen LogP contribution in [0.5, 0.6) is 11.5 Å². The van der Waals surface area contributed by atoms with E-state index in [9.17, 15) is 4.39 Å². The number of thiocarbonyl (C=S) groups is 1. The lowest BCUT2D eigenvalue weighted by atomic mass is 10.2. The lowest BCUT2D eigenvalue weighted by molar-refractivity contribution is 0.480. The molecule has 0 aliphatic rings. The summed E-state index contributed by atoms with van der Waals surface area (Å²) in [5, 5.41) is 0.525. The minimum Gasteiger partial charge on any atom is -0.455 e. The van der Waals surface area contributed by atoms with Gasteiger partial charge >= 0.3 is 0 Å². The summed E-state index contributed by atoms with van der Waals surface area (Å²) in [5.41, 5.74) is 6.02. The maximum atomic E-state index is 13.0. The molecular formula is C13H8Cl2FNOS. The summed E-state index contributed by atoms with van der Waals surface area (Å²) < 4.78 is 18.5. The van der Waals surface area contributed by atoms with Crippen LogP contribution in [0.25, 0.3) is 0 Å². The first-order valence-electron chi connectivity index (χ1n) is 5.20. The van der Waals surface area contributed by atoms with Gasteiger partial charge in [-0.1, -0.05) is 41.5 Å². The van der Waals surface area contributed by atoms with E-state index < -0.39 is 5.82 Å². The molecule has 0 heterocycles. The molecule has 0 radical (unpaired) electrons. The molecule has 98 valence electrons. The summed E-state index contributed by atoms with van der Waals surface area (Å²) in [7, 11) is 0. The number of hydrogen-bond acceptors (Lipinski definition) is 2. The Morgan fingerprint density at radius 1 is 1.11 bits per heavy atom. The van der Waals surface area contributed by atoms with Gasteiger partial charge < -0.3 is 10.5 Å². The molecule has 0 aliphatic carbocycles. The molecule has 0 unspecified atom stereocenters. The highest BCUT2D eigenvalue weighted by Gasteiger charge is 2.13. The zero-order valence-corrected chi connectivity index (χ0v) is 11.8. The van der Waals surface area contributed by atoms with Crippen LogP contribution in [0.3, 0.4) is 0 Å². The molecule has 2 aromatic carbocycles. The third-order valence-electron chi connectivity index (χ3n) is 2.34. The summed E-state index contributed by atoms with van der Waals surface area (Å²) in [4.78, 5) is 0.110. The molecule has 0 aromatic heterocycles. The van der Waals surface area contributed by atoms with Crippen LogP contribution in [-0.2, 0) is 0 Å². The van der Waals surface area contributed by atoms with Gasteiger partial charge in [0.05, 0.1) is 15.6 Å². The number of ether oxygens (including phenoxy) is 1. The molecule has 0 bridgehead atoms. The van der Waals surface area contributed by atoms with E-state index >= 15 is 0 Å². The summed E-state index contributed by atoms with van der Waals surface area (Å²) >= 11 is 16.8. The molecule has 0 spiro atoms. The van der Waals surface area contributed by atoms with Crippen LogP contribution in [0.2, 0.25) is 10.0 Å². The van der Waals surface area contributed by atoms with Crippen LogP contribution >= 0.6 is 35.4 Å². The van der Waals surface area contributed by atoms with Crippen LogP contribution in [0.15, 0.2) is 36.4 Å². The van der Waals surface area contributed by atoms with Crippen molar-refractivity contribution in [3.05, 3.63) is 57.8 Å². The van der Waals surface area contributed by atoms with Gasteiger partial charge in [-0.25, -0.2) is 4.39 Å². The van der Waals surface area contributed by atoms with E-state index in [1.165, 1.54) is 12.1 Å². The largest absolute Gasteiger partial charge is 0.455 e. The highest BCUT2D eigenvalue weighted by atomic mass is 35.5. The molecule has 19 heavy (non-hydrogen) atoms. The van der Waals surface area contributed by atoms with Crippen molar-refractivity contribution in [1.29, 1.82) is 0 Å². The predicted octanol–water partition coefficient (Wildman–Crippen LogP) is 4.56. The van der Waals surface area contributed by atoms with E-state index in [1.807, 2.05) is 0 Å². The number of benzene rings is 2. The molecule has 0 saturated heterocycles. The minimum absolute atomic E-state index is 0.110. The predicted molar refractivity (Wildman–Crippen MR) is 78.8 cm³/mol. The Bertz CT molecular complexity index is 649. The maximum Gasteiger partial charge on any atom is 0.146 e. The van der Waals surface area contributed by atoms with Crippen LogP contribution in [0, 0.1) is 5.82 Å². The fourth-order valence-electron chi connectivity index (χ4n) is 1.50. The Morgan fingerprint density at radius 2 is 1.84 bits per heavy atom. The van der Waals surface area contributed by atoms with E-state index in [2.05, 4.69) is 0 Å². The lowest BCUT2D eigenvalue weighted by Crippen LogP contribution is -2.11. The quantitative estimate of drug-likeness (QED) is 0.843. The fraction of sp³-hybridized carbons (Fsp3) is 0. The summed E-state index contributed by atoms with van der Waals surface area (Å²) in [6.07, 6.45) is 0. The first-order chi connectivity index (χ1) is 8.99. The third kappa shape index (κ3) is 3.15. The van der Waals surface area contributed by atoms with Crippen molar-refractivity contribution in [3.8, 4) is 11.5 Å². The van der Waals surface area contributed by atoms with Gasteiger partial charge in [-0.05, 0) is 30.3 Å². The molecule has 2 rings (SSSR count). The molecule has 2 aromatic rings. The zero-order chi connectivity index (χ0) is 14.0. The summed E-state index contributed by atoms with van der Waals surface area (Å²) in [6.45, 7) is 0. The molecule has 0 aliphatic heterocycles. The van der Waals surface area contributed by atoms with Crippen molar-refractivity contribution in [2.75, 3.05) is 0 Å². The summed E-state index contributed by atoms with van der Waals surface area (Å²) in [6, 6.07) is 8.81. The van der Waals surface area contributed by atoms with Crippen molar-refractivity contribution < 1.29 is 9.13 Å². The third-order valence-corrected chi connectivity index (χ3v) is 3.15. The highest BCUT2D eigenvalue weighted by Crippen LogP contribution is 2.34. The highest BCUT2D eigenvalue weighted by molar-refractivity contribution is 7.80. The second kappa shape index (κ2) is 5.74. The van der Waals surface area contributed by atoms with E-state index in [4.69, 9.17) is 45.9 Å². The van der Waals surface area contributed by atoms with Crippen LogP contribution in [0.1, 0.15) is 5.56 Å². The molecular weight excluding hydrogens is 308 g/mol. The molecule has 0 saturated carbocycles.